The number of aliphatic carboxylic acids is 1. The standard InChI is InChI=1S/C28H35N5O6/c1-15(2)24(33-25(35)21(29)13-18-14-30-22-7-5-4-6-20(18)22)27(37)32-23(26(36)31-16(3)28(38)39)12-17-8-10-19(34)11-9-17/h4-11,14-16,21,23-24,30,34H,12-13,29H2,1-3H3,(H,31,36)(H,32,37)(H,33,35)(H,38,39). The van der Waals surface area contributed by atoms with Crippen LogP contribution >= 0.6 is 0 Å². The van der Waals surface area contributed by atoms with Gasteiger partial charge in [-0.05, 0) is 48.6 Å². The van der Waals surface area contributed by atoms with E-state index in [1.54, 1.807) is 32.2 Å². The lowest BCUT2D eigenvalue weighted by Gasteiger charge is -2.27. The van der Waals surface area contributed by atoms with Crippen LogP contribution in [0.15, 0.2) is 54.7 Å². The molecule has 3 amide bonds. The molecule has 0 aliphatic heterocycles. The lowest BCUT2D eigenvalue weighted by molar-refractivity contribution is -0.141. The molecule has 4 unspecified atom stereocenters. The van der Waals surface area contributed by atoms with E-state index in [1.165, 1.54) is 19.1 Å². The van der Waals surface area contributed by atoms with Crippen molar-refractivity contribution >= 4 is 34.6 Å². The molecule has 0 saturated heterocycles. The lowest BCUT2D eigenvalue weighted by Crippen LogP contribution is -2.58. The van der Waals surface area contributed by atoms with Gasteiger partial charge < -0.3 is 36.9 Å². The summed E-state index contributed by atoms with van der Waals surface area (Å²) in [7, 11) is 0. The fraction of sp³-hybridized carbons (Fsp3) is 0.357. The number of carbonyl (C=O) groups excluding carboxylic acids is 3. The van der Waals surface area contributed by atoms with Crippen LogP contribution in [0.3, 0.4) is 0 Å². The van der Waals surface area contributed by atoms with E-state index in [9.17, 15) is 29.4 Å². The Morgan fingerprint density at radius 3 is 2.18 bits per heavy atom. The summed E-state index contributed by atoms with van der Waals surface area (Å²) in [5.41, 5.74) is 8.62. The molecule has 11 heteroatoms. The van der Waals surface area contributed by atoms with E-state index in [-0.39, 0.29) is 24.5 Å². The largest absolute Gasteiger partial charge is 0.508 e. The summed E-state index contributed by atoms with van der Waals surface area (Å²) < 4.78 is 0. The van der Waals surface area contributed by atoms with E-state index in [2.05, 4.69) is 20.9 Å². The molecule has 0 fully saturated rings. The Bertz CT molecular complexity index is 1320. The highest BCUT2D eigenvalue weighted by Crippen LogP contribution is 2.19. The molecule has 0 aliphatic rings. The molecule has 0 aliphatic carbocycles. The molecule has 3 rings (SSSR count). The van der Waals surface area contributed by atoms with Crippen molar-refractivity contribution < 1.29 is 29.4 Å². The number of hydrogen-bond acceptors (Lipinski definition) is 6. The second kappa shape index (κ2) is 12.9. The molecule has 208 valence electrons. The number of hydrogen-bond donors (Lipinski definition) is 7. The Kier molecular flexibility index (Phi) is 9.67. The first-order valence-electron chi connectivity index (χ1n) is 12.7. The van der Waals surface area contributed by atoms with Crippen molar-refractivity contribution in [1.29, 1.82) is 0 Å². The quantitative estimate of drug-likeness (QED) is 0.181. The number of carboxylic acid groups (broad SMARTS) is 1. The van der Waals surface area contributed by atoms with E-state index in [1.807, 2.05) is 24.3 Å². The van der Waals surface area contributed by atoms with Crippen LogP contribution in [0.2, 0.25) is 0 Å². The van der Waals surface area contributed by atoms with Crippen molar-refractivity contribution in [3.05, 3.63) is 65.9 Å². The fourth-order valence-electron chi connectivity index (χ4n) is 4.14. The number of nitrogens with one attached hydrogen (secondary N) is 4. The molecule has 0 bridgehead atoms. The summed E-state index contributed by atoms with van der Waals surface area (Å²) in [5, 5.41) is 27.4. The summed E-state index contributed by atoms with van der Waals surface area (Å²) in [6, 6.07) is 9.47. The van der Waals surface area contributed by atoms with Crippen molar-refractivity contribution in [2.24, 2.45) is 11.7 Å². The van der Waals surface area contributed by atoms with Crippen molar-refractivity contribution in [1.82, 2.24) is 20.9 Å². The van der Waals surface area contributed by atoms with Crippen molar-refractivity contribution in [2.75, 3.05) is 0 Å². The number of carbonyl (C=O) groups is 4. The Balaban J connectivity index is 1.72. The average Bonchev–Trinajstić information content (AvgIpc) is 3.30. The van der Waals surface area contributed by atoms with Gasteiger partial charge in [-0.15, -0.1) is 0 Å². The molecule has 1 aromatic heterocycles. The number of nitrogens with two attached hydrogens (primary N) is 1. The van der Waals surface area contributed by atoms with Gasteiger partial charge in [-0.3, -0.25) is 19.2 Å². The number of para-hydroxylation sites is 1. The summed E-state index contributed by atoms with van der Waals surface area (Å²) >= 11 is 0. The normalized spacial score (nSPS) is 14.3. The van der Waals surface area contributed by atoms with Gasteiger partial charge in [-0.25, -0.2) is 0 Å². The van der Waals surface area contributed by atoms with Gasteiger partial charge in [0.1, 0.15) is 23.9 Å². The third-order valence-electron chi connectivity index (χ3n) is 6.44. The summed E-state index contributed by atoms with van der Waals surface area (Å²) in [4.78, 5) is 53.6. The Labute approximate surface area is 226 Å². The van der Waals surface area contributed by atoms with Crippen LogP contribution in [-0.4, -0.2) is 63.1 Å². The van der Waals surface area contributed by atoms with Crippen LogP contribution in [-0.2, 0) is 32.0 Å². The number of fused-ring (bicyclic) bond motifs is 1. The van der Waals surface area contributed by atoms with Crippen molar-refractivity contribution in [3.8, 4) is 5.75 Å². The third-order valence-corrected chi connectivity index (χ3v) is 6.44. The minimum absolute atomic E-state index is 0.0308. The minimum Gasteiger partial charge on any atom is -0.508 e. The SMILES string of the molecule is CC(NC(=O)C(Cc1ccc(O)cc1)NC(=O)C(NC(=O)C(N)Cc1c[nH]c2ccccc12)C(C)C)C(=O)O. The molecule has 1 heterocycles. The topological polar surface area (TPSA) is 187 Å². The van der Waals surface area contributed by atoms with E-state index in [4.69, 9.17) is 5.73 Å². The Hall–Kier alpha value is -4.38. The first-order valence-corrected chi connectivity index (χ1v) is 12.7. The number of benzene rings is 2. The van der Waals surface area contributed by atoms with Gasteiger partial charge in [0.25, 0.3) is 0 Å². The summed E-state index contributed by atoms with van der Waals surface area (Å²) in [5.74, 6) is -3.36. The van der Waals surface area contributed by atoms with Gasteiger partial charge in [-0.2, -0.15) is 0 Å². The van der Waals surface area contributed by atoms with Gasteiger partial charge in [0.2, 0.25) is 17.7 Å². The molecular weight excluding hydrogens is 502 g/mol. The van der Waals surface area contributed by atoms with E-state index in [0.29, 0.717) is 5.56 Å². The van der Waals surface area contributed by atoms with Crippen LogP contribution in [0.1, 0.15) is 31.9 Å². The predicted molar refractivity (Wildman–Crippen MR) is 146 cm³/mol. The predicted octanol–water partition coefficient (Wildman–Crippen LogP) is 1.20. The van der Waals surface area contributed by atoms with Crippen LogP contribution in [0, 0.1) is 5.92 Å². The van der Waals surface area contributed by atoms with Crippen LogP contribution in [0.4, 0.5) is 0 Å². The van der Waals surface area contributed by atoms with Crippen LogP contribution in [0.5, 0.6) is 5.75 Å². The highest BCUT2D eigenvalue weighted by Gasteiger charge is 2.31. The smallest absolute Gasteiger partial charge is 0.325 e. The van der Waals surface area contributed by atoms with Crippen molar-refractivity contribution in [2.45, 2.75) is 57.8 Å². The van der Waals surface area contributed by atoms with Gasteiger partial charge >= 0.3 is 5.97 Å². The molecule has 8 N–H and O–H groups in total. The van der Waals surface area contributed by atoms with E-state index >= 15 is 0 Å². The Morgan fingerprint density at radius 2 is 1.54 bits per heavy atom. The number of phenolic OH excluding ortho intramolecular Hbond substituents is 1. The third kappa shape index (κ3) is 7.81. The molecule has 39 heavy (non-hydrogen) atoms. The molecule has 2 aromatic carbocycles. The van der Waals surface area contributed by atoms with Crippen molar-refractivity contribution in [3.63, 3.8) is 0 Å². The number of H-pyrrole nitrogens is 1. The summed E-state index contributed by atoms with van der Waals surface area (Å²) in [6.45, 7) is 4.81. The zero-order valence-electron chi connectivity index (χ0n) is 22.1. The number of aromatic nitrogens is 1. The van der Waals surface area contributed by atoms with Crippen LogP contribution < -0.4 is 21.7 Å². The second-order valence-corrected chi connectivity index (χ2v) is 9.90. The maximum Gasteiger partial charge on any atom is 0.325 e. The molecule has 3 aromatic rings. The highest BCUT2D eigenvalue weighted by molar-refractivity contribution is 5.94. The lowest BCUT2D eigenvalue weighted by atomic mass is 9.99. The molecule has 0 spiro atoms. The van der Waals surface area contributed by atoms with Crippen LogP contribution in [0.25, 0.3) is 10.9 Å². The van der Waals surface area contributed by atoms with Gasteiger partial charge in [0.05, 0.1) is 6.04 Å². The number of rotatable bonds is 12. The maximum atomic E-state index is 13.3. The number of amides is 3. The Morgan fingerprint density at radius 1 is 0.872 bits per heavy atom. The fourth-order valence-corrected chi connectivity index (χ4v) is 4.14. The first kappa shape index (κ1) is 29.2. The zero-order valence-corrected chi connectivity index (χ0v) is 22.1. The van der Waals surface area contributed by atoms with Gasteiger partial charge in [-0.1, -0.05) is 44.2 Å². The second-order valence-electron chi connectivity index (χ2n) is 9.90. The van der Waals surface area contributed by atoms with Gasteiger partial charge in [0.15, 0.2) is 0 Å². The highest BCUT2D eigenvalue weighted by atomic mass is 16.4. The molecule has 0 saturated carbocycles. The van der Waals surface area contributed by atoms with E-state index < -0.39 is 47.9 Å². The monoisotopic (exact) mass is 537 g/mol. The zero-order chi connectivity index (χ0) is 28.7. The molecule has 4 atom stereocenters. The van der Waals surface area contributed by atoms with Gasteiger partial charge in [0, 0.05) is 23.5 Å². The molecule has 11 nitrogen and oxygen atoms in total. The minimum atomic E-state index is -1.23. The number of aromatic hydroxyl groups is 1. The molecule has 0 radical (unpaired) electrons. The summed E-state index contributed by atoms with van der Waals surface area (Å²) in [6.07, 6.45) is 2.08. The first-order chi connectivity index (χ1) is 18.5. The van der Waals surface area contributed by atoms with E-state index in [0.717, 1.165) is 16.5 Å². The maximum absolute atomic E-state index is 13.3. The molecular formula is C28H35N5O6. The number of phenols is 1. The number of carboxylic acids is 1. The average molecular weight is 538 g/mol. The number of aromatic amines is 1.